The molecule has 4 nitrogen and oxygen atoms in total. The first kappa shape index (κ1) is 15.5. The monoisotopic (exact) mass is 302 g/mol. The van der Waals surface area contributed by atoms with E-state index in [9.17, 15) is 5.11 Å². The topological polar surface area (TPSA) is 39.9 Å². The molecule has 0 unspecified atom stereocenters. The van der Waals surface area contributed by atoms with E-state index in [0.29, 0.717) is 0 Å². The van der Waals surface area contributed by atoms with Crippen molar-refractivity contribution < 1.29 is 9.52 Å². The summed E-state index contributed by atoms with van der Waals surface area (Å²) in [6.07, 6.45) is 2.23. The molecule has 1 N–H and O–H groups in total. The SMILES string of the molecule is CN(C)C[C@]1(CO)CCCN(Cc2cc3ccccc3o2)C1. The highest BCUT2D eigenvalue weighted by Gasteiger charge is 2.35. The van der Waals surface area contributed by atoms with Gasteiger partial charge in [0.1, 0.15) is 11.3 Å². The number of hydrogen-bond acceptors (Lipinski definition) is 4. The second kappa shape index (κ2) is 6.41. The van der Waals surface area contributed by atoms with Gasteiger partial charge in [-0.3, -0.25) is 4.90 Å². The maximum Gasteiger partial charge on any atom is 0.134 e. The molecule has 0 saturated carbocycles. The minimum atomic E-state index is -0.00619. The molecule has 0 aliphatic carbocycles. The molecule has 1 aromatic heterocycles. The molecule has 0 spiro atoms. The van der Waals surface area contributed by atoms with Crippen LogP contribution in [-0.4, -0.2) is 55.2 Å². The van der Waals surface area contributed by atoms with Crippen LogP contribution in [0.3, 0.4) is 0 Å². The highest BCUT2D eigenvalue weighted by Crippen LogP contribution is 2.31. The highest BCUT2D eigenvalue weighted by atomic mass is 16.3. The van der Waals surface area contributed by atoms with Crippen molar-refractivity contribution in [3.8, 4) is 0 Å². The quantitative estimate of drug-likeness (QED) is 0.921. The Labute approximate surface area is 132 Å². The molecular weight excluding hydrogens is 276 g/mol. The number of aliphatic hydroxyl groups is 1. The van der Waals surface area contributed by atoms with Crippen molar-refractivity contribution >= 4 is 11.0 Å². The number of rotatable bonds is 5. The van der Waals surface area contributed by atoms with Crippen molar-refractivity contribution in [2.45, 2.75) is 19.4 Å². The number of fused-ring (bicyclic) bond motifs is 1. The van der Waals surface area contributed by atoms with Gasteiger partial charge in [0.2, 0.25) is 0 Å². The van der Waals surface area contributed by atoms with E-state index in [4.69, 9.17) is 4.42 Å². The van der Waals surface area contributed by atoms with Crippen LogP contribution in [0, 0.1) is 5.41 Å². The van der Waals surface area contributed by atoms with Gasteiger partial charge in [0, 0.05) is 23.9 Å². The van der Waals surface area contributed by atoms with Crippen LogP contribution in [0.25, 0.3) is 11.0 Å². The fraction of sp³-hybridized carbons (Fsp3) is 0.556. The van der Waals surface area contributed by atoms with Crippen molar-refractivity contribution in [1.29, 1.82) is 0 Å². The van der Waals surface area contributed by atoms with Crippen molar-refractivity contribution in [1.82, 2.24) is 9.80 Å². The zero-order valence-electron chi connectivity index (χ0n) is 13.6. The van der Waals surface area contributed by atoms with Crippen LogP contribution in [-0.2, 0) is 6.54 Å². The van der Waals surface area contributed by atoms with Gasteiger partial charge in [0.15, 0.2) is 0 Å². The molecule has 1 fully saturated rings. The number of hydrogen-bond donors (Lipinski definition) is 1. The maximum absolute atomic E-state index is 9.91. The number of likely N-dealkylation sites (tertiary alicyclic amines) is 1. The van der Waals surface area contributed by atoms with Crippen molar-refractivity contribution in [3.05, 3.63) is 36.1 Å². The van der Waals surface area contributed by atoms with E-state index in [-0.39, 0.29) is 12.0 Å². The minimum Gasteiger partial charge on any atom is -0.460 e. The van der Waals surface area contributed by atoms with E-state index in [1.165, 1.54) is 0 Å². The fourth-order valence-corrected chi connectivity index (χ4v) is 3.76. The Balaban J connectivity index is 1.71. The molecule has 1 aliphatic heterocycles. The number of aliphatic hydroxyl groups excluding tert-OH is 1. The number of piperidine rings is 1. The summed E-state index contributed by atoms with van der Waals surface area (Å²) in [5.74, 6) is 1.01. The molecule has 22 heavy (non-hydrogen) atoms. The third-order valence-electron chi connectivity index (χ3n) is 4.58. The van der Waals surface area contributed by atoms with Crippen LogP contribution >= 0.6 is 0 Å². The van der Waals surface area contributed by atoms with E-state index in [1.54, 1.807) is 0 Å². The first-order valence-electron chi connectivity index (χ1n) is 8.06. The lowest BCUT2D eigenvalue weighted by atomic mass is 9.80. The van der Waals surface area contributed by atoms with Gasteiger partial charge in [-0.05, 0) is 45.6 Å². The van der Waals surface area contributed by atoms with E-state index in [2.05, 4.69) is 36.0 Å². The molecule has 2 aromatic rings. The minimum absolute atomic E-state index is 0.00619. The van der Waals surface area contributed by atoms with Crippen LogP contribution in [0.5, 0.6) is 0 Å². The lowest BCUT2D eigenvalue weighted by Gasteiger charge is -2.43. The molecule has 0 radical (unpaired) electrons. The van der Waals surface area contributed by atoms with Crippen molar-refractivity contribution in [2.75, 3.05) is 40.3 Å². The zero-order chi connectivity index (χ0) is 15.6. The Bertz CT molecular complexity index is 589. The van der Waals surface area contributed by atoms with Crippen molar-refractivity contribution in [2.24, 2.45) is 5.41 Å². The highest BCUT2D eigenvalue weighted by molar-refractivity contribution is 5.77. The van der Waals surface area contributed by atoms with Crippen LogP contribution < -0.4 is 0 Å². The molecule has 2 heterocycles. The van der Waals surface area contributed by atoms with Gasteiger partial charge in [-0.1, -0.05) is 18.2 Å². The maximum atomic E-state index is 9.91. The van der Waals surface area contributed by atoms with Gasteiger partial charge in [0.25, 0.3) is 0 Å². The number of para-hydroxylation sites is 1. The van der Waals surface area contributed by atoms with Gasteiger partial charge in [-0.15, -0.1) is 0 Å². The van der Waals surface area contributed by atoms with Gasteiger partial charge in [0.05, 0.1) is 13.2 Å². The molecule has 0 bridgehead atoms. The van der Waals surface area contributed by atoms with E-state index in [1.807, 2.05) is 18.2 Å². The summed E-state index contributed by atoms with van der Waals surface area (Å²) in [6.45, 7) is 4.01. The lowest BCUT2D eigenvalue weighted by molar-refractivity contribution is 0.00853. The van der Waals surface area contributed by atoms with Crippen LogP contribution in [0.1, 0.15) is 18.6 Å². The van der Waals surface area contributed by atoms with Crippen LogP contribution in [0.2, 0.25) is 0 Å². The summed E-state index contributed by atoms with van der Waals surface area (Å²) in [7, 11) is 4.16. The molecule has 1 saturated heterocycles. The van der Waals surface area contributed by atoms with E-state index < -0.39 is 0 Å². The Kier molecular flexibility index (Phi) is 4.52. The second-order valence-corrected chi connectivity index (χ2v) is 6.96. The first-order chi connectivity index (χ1) is 10.6. The van der Waals surface area contributed by atoms with E-state index in [0.717, 1.165) is 55.8 Å². The lowest BCUT2D eigenvalue weighted by Crippen LogP contribution is -2.49. The first-order valence-corrected chi connectivity index (χ1v) is 8.06. The van der Waals surface area contributed by atoms with Crippen LogP contribution in [0.4, 0.5) is 0 Å². The third-order valence-corrected chi connectivity index (χ3v) is 4.58. The van der Waals surface area contributed by atoms with E-state index >= 15 is 0 Å². The Morgan fingerprint density at radius 3 is 2.86 bits per heavy atom. The number of benzene rings is 1. The Hall–Kier alpha value is -1.36. The fourth-order valence-electron chi connectivity index (χ4n) is 3.76. The van der Waals surface area contributed by atoms with Gasteiger partial charge in [-0.25, -0.2) is 0 Å². The summed E-state index contributed by atoms with van der Waals surface area (Å²) in [5, 5.41) is 11.1. The number of furan rings is 1. The summed E-state index contributed by atoms with van der Waals surface area (Å²) < 4.78 is 5.94. The molecule has 1 atom stereocenters. The normalized spacial score (nSPS) is 23.5. The average Bonchev–Trinajstić information content (AvgIpc) is 2.89. The largest absolute Gasteiger partial charge is 0.460 e. The summed E-state index contributed by atoms with van der Waals surface area (Å²) in [5.41, 5.74) is 0.949. The second-order valence-electron chi connectivity index (χ2n) is 6.96. The molecule has 1 aliphatic rings. The molecule has 120 valence electrons. The summed E-state index contributed by atoms with van der Waals surface area (Å²) >= 11 is 0. The van der Waals surface area contributed by atoms with Crippen molar-refractivity contribution in [3.63, 3.8) is 0 Å². The Morgan fingerprint density at radius 2 is 2.14 bits per heavy atom. The predicted octanol–water partition coefficient (Wildman–Crippen LogP) is 2.57. The predicted molar refractivity (Wildman–Crippen MR) is 88.8 cm³/mol. The number of nitrogens with zero attached hydrogens (tertiary/aromatic N) is 2. The van der Waals surface area contributed by atoms with Gasteiger partial charge in [-0.2, -0.15) is 0 Å². The van der Waals surface area contributed by atoms with Crippen LogP contribution in [0.15, 0.2) is 34.7 Å². The zero-order valence-corrected chi connectivity index (χ0v) is 13.6. The molecule has 1 aromatic carbocycles. The summed E-state index contributed by atoms with van der Waals surface area (Å²) in [6, 6.07) is 10.3. The Morgan fingerprint density at radius 1 is 1.32 bits per heavy atom. The van der Waals surface area contributed by atoms with Gasteiger partial charge >= 0.3 is 0 Å². The summed E-state index contributed by atoms with van der Waals surface area (Å²) in [4.78, 5) is 4.60. The molecule has 3 rings (SSSR count). The molecule has 4 heteroatoms. The van der Waals surface area contributed by atoms with Gasteiger partial charge < -0.3 is 14.4 Å². The molecular formula is C18H26N2O2. The standard InChI is InChI=1S/C18H26N2O2/c1-19(2)12-18(14-21)8-5-9-20(13-18)11-16-10-15-6-3-4-7-17(15)22-16/h3-4,6-7,10,21H,5,8-9,11-14H2,1-2H3/t18-/m1/s1. The molecule has 0 amide bonds. The smallest absolute Gasteiger partial charge is 0.134 e. The average molecular weight is 302 g/mol. The third kappa shape index (κ3) is 3.35.